The van der Waals surface area contributed by atoms with Crippen molar-refractivity contribution in [3.8, 4) is 0 Å². The number of thioether (sulfide) groups is 1. The number of hydrogen-bond acceptors (Lipinski definition) is 4. The molecule has 0 fully saturated rings. The van der Waals surface area contributed by atoms with Gasteiger partial charge in [-0.05, 0) is 47.2 Å². The molecule has 0 saturated carbocycles. The molecule has 0 aliphatic carbocycles. The van der Waals surface area contributed by atoms with Crippen LogP contribution in [0.4, 0.5) is 5.69 Å². The second-order valence-corrected chi connectivity index (χ2v) is 8.95. The Bertz CT molecular complexity index is 882. The largest absolute Gasteiger partial charge is 0.375 e. The van der Waals surface area contributed by atoms with Crippen molar-refractivity contribution in [2.75, 3.05) is 11.2 Å². The van der Waals surface area contributed by atoms with E-state index < -0.39 is 0 Å². The number of fused-ring (bicyclic) bond motifs is 2. The van der Waals surface area contributed by atoms with Crippen molar-refractivity contribution in [1.29, 1.82) is 0 Å². The Kier molecular flexibility index (Phi) is 4.27. The zero-order valence-electron chi connectivity index (χ0n) is 14.3. The molecule has 1 atom stereocenters. The van der Waals surface area contributed by atoms with Crippen LogP contribution in [0.5, 0.6) is 0 Å². The van der Waals surface area contributed by atoms with Crippen molar-refractivity contribution >= 4 is 39.0 Å². The van der Waals surface area contributed by atoms with Gasteiger partial charge in [-0.25, -0.2) is 4.98 Å². The second kappa shape index (κ2) is 6.41. The van der Waals surface area contributed by atoms with Crippen LogP contribution in [-0.2, 0) is 6.42 Å². The first-order valence-electron chi connectivity index (χ1n) is 8.50. The summed E-state index contributed by atoms with van der Waals surface area (Å²) in [6.07, 6.45) is 1.01. The van der Waals surface area contributed by atoms with Crippen molar-refractivity contribution in [3.05, 3.63) is 52.5 Å². The van der Waals surface area contributed by atoms with E-state index in [1.165, 1.54) is 31.4 Å². The molecule has 0 saturated heterocycles. The van der Waals surface area contributed by atoms with E-state index in [0.29, 0.717) is 11.8 Å². The lowest BCUT2D eigenvalue weighted by molar-refractivity contribution is 0.754. The number of thiazole rings is 1. The summed E-state index contributed by atoms with van der Waals surface area (Å²) >= 11 is 3.74. The van der Waals surface area contributed by atoms with E-state index in [2.05, 4.69) is 62.5 Å². The first-order chi connectivity index (χ1) is 11.6. The molecule has 24 heavy (non-hydrogen) atoms. The van der Waals surface area contributed by atoms with E-state index >= 15 is 0 Å². The number of anilines is 1. The topological polar surface area (TPSA) is 24.9 Å². The molecule has 1 N–H and O–H groups in total. The molecule has 1 aliphatic rings. The number of benzene rings is 2. The lowest BCUT2D eigenvalue weighted by atomic mass is 9.98. The maximum Gasteiger partial charge on any atom is 0.0944 e. The summed E-state index contributed by atoms with van der Waals surface area (Å²) < 4.78 is 1.32. The molecule has 4 rings (SSSR count). The third-order valence-electron chi connectivity index (χ3n) is 4.67. The average Bonchev–Trinajstić information content (AvgIpc) is 3.18. The lowest BCUT2D eigenvalue weighted by Gasteiger charge is -2.11. The van der Waals surface area contributed by atoms with Crippen LogP contribution in [0.25, 0.3) is 10.2 Å². The normalized spacial score (nSPS) is 14.8. The minimum atomic E-state index is 0.488. The highest BCUT2D eigenvalue weighted by Crippen LogP contribution is 2.37. The van der Waals surface area contributed by atoms with Crippen LogP contribution in [0.2, 0.25) is 0 Å². The van der Waals surface area contributed by atoms with Gasteiger partial charge < -0.3 is 5.32 Å². The van der Waals surface area contributed by atoms with Crippen molar-refractivity contribution in [2.24, 2.45) is 0 Å². The fourth-order valence-electron chi connectivity index (χ4n) is 3.12. The smallest absolute Gasteiger partial charge is 0.0944 e. The quantitative estimate of drug-likeness (QED) is 0.600. The molecule has 2 heterocycles. The maximum atomic E-state index is 4.85. The molecule has 1 aromatic heterocycles. The van der Waals surface area contributed by atoms with Crippen LogP contribution >= 0.6 is 23.1 Å². The number of hydrogen-bond donors (Lipinski definition) is 1. The maximum absolute atomic E-state index is 4.85. The van der Waals surface area contributed by atoms with E-state index in [-0.39, 0.29) is 0 Å². The number of rotatable bonds is 4. The molecule has 2 nitrogen and oxygen atoms in total. The van der Waals surface area contributed by atoms with Crippen LogP contribution in [0, 0.1) is 0 Å². The third kappa shape index (κ3) is 3.05. The second-order valence-electron chi connectivity index (χ2n) is 6.82. The molecule has 0 radical (unpaired) electrons. The molecule has 0 spiro atoms. The lowest BCUT2D eigenvalue weighted by Crippen LogP contribution is -1.98. The summed E-state index contributed by atoms with van der Waals surface area (Å²) in [4.78, 5) is 6.23. The van der Waals surface area contributed by atoms with Gasteiger partial charge in [0.15, 0.2) is 0 Å². The zero-order valence-corrected chi connectivity index (χ0v) is 15.9. The molecular formula is C20H22N2S2. The monoisotopic (exact) mass is 354 g/mol. The van der Waals surface area contributed by atoms with Crippen molar-refractivity contribution in [1.82, 2.24) is 4.98 Å². The highest BCUT2D eigenvalue weighted by molar-refractivity contribution is 7.99. The summed E-state index contributed by atoms with van der Waals surface area (Å²) in [5, 5.41) is 4.64. The number of aromatic nitrogens is 1. The van der Waals surface area contributed by atoms with Gasteiger partial charge in [0, 0.05) is 17.0 Å². The van der Waals surface area contributed by atoms with E-state index in [0.717, 1.165) is 17.8 Å². The predicted octanol–water partition coefficient (Wildman–Crippen LogP) is 6.24. The SMILES string of the molecule is CC(C)c1ccc2nc(CC(C)c3ccc4c(c3)SCN4)sc2c1. The Labute approximate surface area is 151 Å². The van der Waals surface area contributed by atoms with Crippen LogP contribution < -0.4 is 5.32 Å². The summed E-state index contributed by atoms with van der Waals surface area (Å²) in [6.45, 7) is 6.79. The van der Waals surface area contributed by atoms with Gasteiger partial charge in [0.25, 0.3) is 0 Å². The standard InChI is InChI=1S/C20H22N2S2/c1-12(2)14-4-7-17-19(9-14)24-20(22-17)8-13(3)15-5-6-16-18(10-15)23-11-21-16/h4-7,9-10,12-13,21H,8,11H2,1-3H3. The molecule has 3 aromatic rings. The van der Waals surface area contributed by atoms with Gasteiger partial charge >= 0.3 is 0 Å². The van der Waals surface area contributed by atoms with E-state index in [4.69, 9.17) is 4.98 Å². The van der Waals surface area contributed by atoms with E-state index in [9.17, 15) is 0 Å². The zero-order chi connectivity index (χ0) is 16.7. The number of nitrogens with one attached hydrogen (secondary N) is 1. The van der Waals surface area contributed by atoms with E-state index in [1.807, 2.05) is 23.1 Å². The van der Waals surface area contributed by atoms with Gasteiger partial charge in [0.05, 0.1) is 21.1 Å². The molecule has 0 bridgehead atoms. The van der Waals surface area contributed by atoms with Crippen LogP contribution in [0.15, 0.2) is 41.3 Å². The van der Waals surface area contributed by atoms with Gasteiger partial charge in [-0.1, -0.05) is 32.9 Å². The Morgan fingerprint density at radius 3 is 2.75 bits per heavy atom. The Morgan fingerprint density at radius 1 is 1.08 bits per heavy atom. The summed E-state index contributed by atoms with van der Waals surface area (Å²) in [5.74, 6) is 2.04. The molecule has 1 aliphatic heterocycles. The van der Waals surface area contributed by atoms with Crippen LogP contribution in [0.3, 0.4) is 0 Å². The Hall–Kier alpha value is -1.52. The minimum Gasteiger partial charge on any atom is -0.375 e. The van der Waals surface area contributed by atoms with Crippen molar-refractivity contribution < 1.29 is 0 Å². The summed E-state index contributed by atoms with van der Waals surface area (Å²) in [5.41, 5.74) is 5.22. The molecule has 1 unspecified atom stereocenters. The predicted molar refractivity (Wildman–Crippen MR) is 107 cm³/mol. The van der Waals surface area contributed by atoms with Gasteiger partial charge in [-0.3, -0.25) is 0 Å². The summed E-state index contributed by atoms with van der Waals surface area (Å²) in [6, 6.07) is 13.5. The van der Waals surface area contributed by atoms with E-state index in [1.54, 1.807) is 0 Å². The van der Waals surface area contributed by atoms with Crippen LogP contribution in [0.1, 0.15) is 48.7 Å². The molecular weight excluding hydrogens is 332 g/mol. The van der Waals surface area contributed by atoms with Crippen LogP contribution in [-0.4, -0.2) is 10.9 Å². The fourth-order valence-corrected chi connectivity index (χ4v) is 5.16. The fraction of sp³-hybridized carbons (Fsp3) is 0.350. The highest BCUT2D eigenvalue weighted by atomic mass is 32.2. The van der Waals surface area contributed by atoms with Gasteiger partial charge in [-0.2, -0.15) is 0 Å². The first-order valence-corrected chi connectivity index (χ1v) is 10.3. The molecule has 0 amide bonds. The molecule has 2 aromatic carbocycles. The Balaban J connectivity index is 1.57. The highest BCUT2D eigenvalue weighted by Gasteiger charge is 2.15. The minimum absolute atomic E-state index is 0.488. The van der Waals surface area contributed by atoms with Gasteiger partial charge in [0.1, 0.15) is 0 Å². The van der Waals surface area contributed by atoms with Gasteiger partial charge in [0.2, 0.25) is 0 Å². The molecule has 4 heteroatoms. The van der Waals surface area contributed by atoms with Gasteiger partial charge in [-0.15, -0.1) is 23.1 Å². The Morgan fingerprint density at radius 2 is 1.92 bits per heavy atom. The molecule has 124 valence electrons. The van der Waals surface area contributed by atoms with Crippen molar-refractivity contribution in [3.63, 3.8) is 0 Å². The summed E-state index contributed by atoms with van der Waals surface area (Å²) in [7, 11) is 0. The number of nitrogens with zero attached hydrogens (tertiary/aromatic N) is 1. The average molecular weight is 355 g/mol. The first kappa shape index (κ1) is 16.0. The third-order valence-corrected chi connectivity index (χ3v) is 6.65. The van der Waals surface area contributed by atoms with Crippen molar-refractivity contribution in [2.45, 2.75) is 43.9 Å².